The molecule has 29 heavy (non-hydrogen) atoms. The standard InChI is InChI=1S/C17H21FN5O5P/c1-10(2)27-29(24)25-7-13-15(28-29)11(18)5-6-17(8-19,26-13)14-4-3-12-16(20)21-9-22-23(12)14/h3-4,9-11,13,15H,5-7H2,1-2H3,(H2,20,21,22)/t11?,13-,15+,17+,29?/m1/s1. The predicted molar refractivity (Wildman–Crippen MR) is 98.3 cm³/mol. The Morgan fingerprint density at radius 2 is 2.31 bits per heavy atom. The van der Waals surface area contributed by atoms with E-state index < -0.39 is 37.9 Å². The van der Waals surface area contributed by atoms with E-state index in [1.807, 2.05) is 0 Å². The molecule has 12 heteroatoms. The number of nitrogens with two attached hydrogens (primary N) is 1. The van der Waals surface area contributed by atoms with Gasteiger partial charge >= 0.3 is 7.82 Å². The number of hydrogen-bond acceptors (Lipinski definition) is 9. The van der Waals surface area contributed by atoms with Crippen LogP contribution in [0.2, 0.25) is 0 Å². The first-order chi connectivity index (χ1) is 13.8. The van der Waals surface area contributed by atoms with Crippen LogP contribution in [0.15, 0.2) is 18.5 Å². The minimum absolute atomic E-state index is 0.0341. The van der Waals surface area contributed by atoms with E-state index in [9.17, 15) is 14.2 Å². The second kappa shape index (κ2) is 7.31. The van der Waals surface area contributed by atoms with E-state index in [4.69, 9.17) is 24.0 Å². The summed E-state index contributed by atoms with van der Waals surface area (Å²) in [6.07, 6.45) is -2.85. The quantitative estimate of drug-likeness (QED) is 0.736. The van der Waals surface area contributed by atoms with Crippen LogP contribution in [0.3, 0.4) is 0 Å². The highest BCUT2D eigenvalue weighted by molar-refractivity contribution is 7.48. The number of phosphoric ester groups is 1. The number of alkyl halides is 1. The lowest BCUT2D eigenvalue weighted by Gasteiger charge is -2.37. The number of nitrogen functional groups attached to an aromatic ring is 1. The molecule has 0 amide bonds. The molecule has 2 unspecified atom stereocenters. The van der Waals surface area contributed by atoms with Crippen LogP contribution in [0.4, 0.5) is 10.2 Å². The van der Waals surface area contributed by atoms with E-state index >= 15 is 0 Å². The number of anilines is 1. The SMILES string of the molecule is CC(C)OP1(=O)OC[C@H]2O[C@@](C#N)(c3ccc4c(N)ncnn34)CCC(F)[C@@H]2O1. The molecule has 4 rings (SSSR count). The fourth-order valence-electron chi connectivity index (χ4n) is 3.63. The van der Waals surface area contributed by atoms with E-state index in [-0.39, 0.29) is 25.3 Å². The summed E-state index contributed by atoms with van der Waals surface area (Å²) in [5.74, 6) is 0.241. The lowest BCUT2D eigenvalue weighted by atomic mass is 9.94. The summed E-state index contributed by atoms with van der Waals surface area (Å²) in [6, 6.07) is 5.47. The van der Waals surface area contributed by atoms with E-state index in [2.05, 4.69) is 16.2 Å². The van der Waals surface area contributed by atoms with Gasteiger partial charge < -0.3 is 10.5 Å². The normalized spacial score (nSPS) is 35.2. The summed E-state index contributed by atoms with van der Waals surface area (Å²) in [7, 11) is -3.92. The lowest BCUT2D eigenvalue weighted by Crippen LogP contribution is -2.46. The molecule has 0 aromatic carbocycles. The average Bonchev–Trinajstić information content (AvgIpc) is 3.06. The molecule has 10 nitrogen and oxygen atoms in total. The third kappa shape index (κ3) is 3.52. The van der Waals surface area contributed by atoms with Crippen LogP contribution in [0.5, 0.6) is 0 Å². The van der Waals surface area contributed by atoms with Gasteiger partial charge in [0.25, 0.3) is 0 Å². The van der Waals surface area contributed by atoms with Gasteiger partial charge in [-0.2, -0.15) is 10.4 Å². The molecule has 2 fully saturated rings. The van der Waals surface area contributed by atoms with Gasteiger partial charge in [0.15, 0.2) is 11.4 Å². The molecule has 0 bridgehead atoms. The number of rotatable bonds is 3. The molecule has 2 aromatic rings. The molecular weight excluding hydrogens is 404 g/mol. The van der Waals surface area contributed by atoms with Crippen LogP contribution < -0.4 is 5.73 Å². The molecule has 0 radical (unpaired) electrons. The molecule has 2 saturated heterocycles. The van der Waals surface area contributed by atoms with Gasteiger partial charge in [-0.1, -0.05) is 0 Å². The van der Waals surface area contributed by atoms with Gasteiger partial charge in [-0.15, -0.1) is 0 Å². The molecule has 0 spiro atoms. The molecule has 0 saturated carbocycles. The summed E-state index contributed by atoms with van der Waals surface area (Å²) >= 11 is 0. The Morgan fingerprint density at radius 3 is 3.03 bits per heavy atom. The maximum atomic E-state index is 15.0. The Kier molecular flexibility index (Phi) is 5.09. The van der Waals surface area contributed by atoms with Gasteiger partial charge in [-0.3, -0.25) is 13.6 Å². The van der Waals surface area contributed by atoms with Crippen LogP contribution in [0, 0.1) is 11.3 Å². The van der Waals surface area contributed by atoms with Crippen molar-refractivity contribution < 1.29 is 27.3 Å². The van der Waals surface area contributed by atoms with Crippen molar-refractivity contribution in [1.29, 1.82) is 5.26 Å². The molecule has 2 aromatic heterocycles. The van der Waals surface area contributed by atoms with Crippen molar-refractivity contribution in [3.63, 3.8) is 0 Å². The first kappa shape index (κ1) is 20.2. The van der Waals surface area contributed by atoms with Crippen LogP contribution in [-0.2, 0) is 28.5 Å². The summed E-state index contributed by atoms with van der Waals surface area (Å²) in [4.78, 5) is 3.93. The molecule has 156 valence electrons. The van der Waals surface area contributed by atoms with Crippen molar-refractivity contribution in [2.24, 2.45) is 0 Å². The van der Waals surface area contributed by atoms with Gasteiger partial charge in [-0.05, 0) is 38.8 Å². The number of halogens is 1. The Labute approximate surface area is 166 Å². The van der Waals surface area contributed by atoms with Gasteiger partial charge in [0.05, 0.1) is 18.4 Å². The third-order valence-electron chi connectivity index (χ3n) is 4.91. The Balaban J connectivity index is 1.69. The van der Waals surface area contributed by atoms with Crippen LogP contribution in [0.1, 0.15) is 32.4 Å². The van der Waals surface area contributed by atoms with Crippen molar-refractivity contribution in [3.8, 4) is 6.07 Å². The number of hydrogen-bond donors (Lipinski definition) is 1. The summed E-state index contributed by atoms with van der Waals surface area (Å²) in [6.45, 7) is 3.10. The molecule has 2 aliphatic rings. The minimum atomic E-state index is -3.92. The zero-order valence-corrected chi connectivity index (χ0v) is 16.8. The topological polar surface area (TPSA) is 134 Å². The van der Waals surface area contributed by atoms with Crippen LogP contribution in [-0.4, -0.2) is 45.7 Å². The number of fused-ring (bicyclic) bond motifs is 2. The monoisotopic (exact) mass is 425 g/mol. The summed E-state index contributed by atoms with van der Waals surface area (Å²) in [5, 5.41) is 14.2. The van der Waals surface area contributed by atoms with Gasteiger partial charge in [0.2, 0.25) is 0 Å². The largest absolute Gasteiger partial charge is 0.475 e. The van der Waals surface area contributed by atoms with Crippen molar-refractivity contribution in [2.75, 3.05) is 12.3 Å². The molecular formula is C17H21FN5O5P. The van der Waals surface area contributed by atoms with Gasteiger partial charge in [0, 0.05) is 0 Å². The zero-order valence-electron chi connectivity index (χ0n) is 15.9. The smallest absolute Gasteiger partial charge is 0.382 e. The minimum Gasteiger partial charge on any atom is -0.382 e. The lowest BCUT2D eigenvalue weighted by molar-refractivity contribution is -0.150. The number of ether oxygens (including phenoxy) is 1. The van der Waals surface area contributed by atoms with E-state index in [0.29, 0.717) is 11.2 Å². The number of aromatic nitrogens is 3. The Bertz CT molecular complexity index is 1010. The average molecular weight is 425 g/mol. The zero-order chi connectivity index (χ0) is 20.8. The highest BCUT2D eigenvalue weighted by Crippen LogP contribution is 2.57. The Hall–Kier alpha value is -2.09. The highest BCUT2D eigenvalue weighted by Gasteiger charge is 2.53. The number of phosphoric acid groups is 1. The third-order valence-corrected chi connectivity index (χ3v) is 6.56. The number of nitriles is 1. The molecule has 2 aliphatic heterocycles. The fourth-order valence-corrected chi connectivity index (χ4v) is 5.21. The van der Waals surface area contributed by atoms with Crippen molar-refractivity contribution in [2.45, 2.75) is 56.8 Å². The van der Waals surface area contributed by atoms with Crippen LogP contribution in [0.25, 0.3) is 5.52 Å². The maximum Gasteiger partial charge on any atom is 0.475 e. The van der Waals surface area contributed by atoms with E-state index in [1.54, 1.807) is 26.0 Å². The fraction of sp³-hybridized carbons (Fsp3) is 0.588. The molecule has 0 aliphatic carbocycles. The number of nitrogens with zero attached hydrogens (tertiary/aromatic N) is 4. The van der Waals surface area contributed by atoms with Crippen molar-refractivity contribution in [1.82, 2.24) is 14.6 Å². The Morgan fingerprint density at radius 1 is 1.52 bits per heavy atom. The first-order valence-corrected chi connectivity index (χ1v) is 10.7. The van der Waals surface area contributed by atoms with E-state index in [0.717, 1.165) is 0 Å². The van der Waals surface area contributed by atoms with Crippen LogP contribution >= 0.6 is 7.82 Å². The van der Waals surface area contributed by atoms with E-state index in [1.165, 1.54) is 10.8 Å². The molecule has 2 N–H and O–H groups in total. The summed E-state index contributed by atoms with van der Waals surface area (Å²) < 4.78 is 51.0. The van der Waals surface area contributed by atoms with Gasteiger partial charge in [-0.25, -0.2) is 18.5 Å². The summed E-state index contributed by atoms with van der Waals surface area (Å²) in [5.41, 5.74) is 5.24. The first-order valence-electron chi connectivity index (χ1n) is 9.20. The van der Waals surface area contributed by atoms with Gasteiger partial charge in [0.1, 0.15) is 36.3 Å². The predicted octanol–water partition coefficient (Wildman–Crippen LogP) is 2.50. The maximum absolute atomic E-state index is 15.0. The second-order valence-electron chi connectivity index (χ2n) is 7.28. The van der Waals surface area contributed by atoms with Crippen molar-refractivity contribution >= 4 is 19.2 Å². The molecule has 4 heterocycles. The highest BCUT2D eigenvalue weighted by atomic mass is 31.2. The van der Waals surface area contributed by atoms with Crippen molar-refractivity contribution in [3.05, 3.63) is 24.2 Å². The second-order valence-corrected chi connectivity index (χ2v) is 8.85. The molecule has 5 atom stereocenters.